The van der Waals surface area contributed by atoms with E-state index in [4.69, 9.17) is 15.0 Å². The zero-order valence-electron chi connectivity index (χ0n) is 15.5. The third-order valence-electron chi connectivity index (χ3n) is 4.95. The first-order valence-electron chi connectivity index (χ1n) is 9.27. The van der Waals surface area contributed by atoms with Crippen LogP contribution in [0, 0.1) is 18.3 Å². The lowest BCUT2D eigenvalue weighted by Crippen LogP contribution is -2.47. The van der Waals surface area contributed by atoms with Crippen molar-refractivity contribution in [1.82, 2.24) is 15.0 Å². The maximum Gasteiger partial charge on any atom is 0.227 e. The van der Waals surface area contributed by atoms with Crippen molar-refractivity contribution in [2.45, 2.75) is 6.92 Å². The number of aryl methyl sites for hydroxylation is 1. The molecule has 0 atom stereocenters. The number of ether oxygens (including phenoxy) is 1. The molecule has 2 aliphatic heterocycles. The van der Waals surface area contributed by atoms with Gasteiger partial charge < -0.3 is 19.4 Å². The Morgan fingerprint density at radius 1 is 0.963 bits per heavy atom. The van der Waals surface area contributed by atoms with Crippen molar-refractivity contribution in [2.75, 3.05) is 67.2 Å². The van der Waals surface area contributed by atoms with Crippen LogP contribution < -0.4 is 14.7 Å². The second kappa shape index (κ2) is 7.76. The van der Waals surface area contributed by atoms with Crippen LogP contribution in [0.4, 0.5) is 17.5 Å². The van der Waals surface area contributed by atoms with Gasteiger partial charge in [0.2, 0.25) is 5.95 Å². The Morgan fingerprint density at radius 2 is 1.70 bits per heavy atom. The van der Waals surface area contributed by atoms with Crippen LogP contribution >= 0.6 is 0 Å². The number of aromatic nitrogens is 3. The Labute approximate surface area is 159 Å². The summed E-state index contributed by atoms with van der Waals surface area (Å²) in [5.74, 6) is 1.78. The van der Waals surface area contributed by atoms with Crippen LogP contribution in [-0.4, -0.2) is 67.4 Å². The van der Waals surface area contributed by atoms with Gasteiger partial charge in [0.15, 0.2) is 0 Å². The van der Waals surface area contributed by atoms with E-state index < -0.39 is 0 Å². The number of morpholine rings is 1. The second-order valence-corrected chi connectivity index (χ2v) is 6.75. The summed E-state index contributed by atoms with van der Waals surface area (Å²) in [7, 11) is 0. The third-order valence-corrected chi connectivity index (χ3v) is 4.95. The fraction of sp³-hybridized carbons (Fsp3) is 0.474. The van der Waals surface area contributed by atoms with Crippen molar-refractivity contribution in [1.29, 1.82) is 5.26 Å². The van der Waals surface area contributed by atoms with Gasteiger partial charge in [-0.3, -0.25) is 0 Å². The predicted octanol–water partition coefficient (Wildman–Crippen LogP) is 1.21. The summed E-state index contributed by atoms with van der Waals surface area (Å²) in [6, 6.07) is 7.97. The molecule has 0 unspecified atom stereocenters. The normalized spacial score (nSPS) is 17.7. The summed E-state index contributed by atoms with van der Waals surface area (Å²) in [6.45, 7) is 8.65. The van der Waals surface area contributed by atoms with Crippen molar-refractivity contribution in [3.8, 4) is 6.07 Å². The number of pyridine rings is 1. The van der Waals surface area contributed by atoms with Gasteiger partial charge in [0.1, 0.15) is 17.6 Å². The highest BCUT2D eigenvalue weighted by Crippen LogP contribution is 2.22. The van der Waals surface area contributed by atoms with Crippen LogP contribution in [0.25, 0.3) is 0 Å². The first-order chi connectivity index (χ1) is 13.2. The molecular weight excluding hydrogens is 342 g/mol. The lowest BCUT2D eigenvalue weighted by molar-refractivity contribution is 0.122. The summed E-state index contributed by atoms with van der Waals surface area (Å²) >= 11 is 0. The van der Waals surface area contributed by atoms with Crippen molar-refractivity contribution in [3.63, 3.8) is 0 Å². The summed E-state index contributed by atoms with van der Waals surface area (Å²) in [5, 5.41) is 9.05. The molecular formula is C19H23N7O. The topological polar surface area (TPSA) is 81.4 Å². The zero-order valence-corrected chi connectivity index (χ0v) is 15.5. The molecule has 0 N–H and O–H groups in total. The molecule has 2 fully saturated rings. The monoisotopic (exact) mass is 365 g/mol. The molecule has 140 valence electrons. The minimum atomic E-state index is 0.455. The van der Waals surface area contributed by atoms with Crippen molar-refractivity contribution in [2.24, 2.45) is 0 Å². The van der Waals surface area contributed by atoms with Gasteiger partial charge in [-0.15, -0.1) is 0 Å². The molecule has 4 rings (SSSR count). The Hall–Kier alpha value is -2.92. The van der Waals surface area contributed by atoms with Crippen LogP contribution in [0.15, 0.2) is 24.4 Å². The number of rotatable bonds is 3. The maximum absolute atomic E-state index is 9.05. The highest BCUT2D eigenvalue weighted by atomic mass is 16.5. The molecule has 4 heterocycles. The molecule has 0 amide bonds. The molecule has 8 heteroatoms. The Balaban J connectivity index is 1.46. The van der Waals surface area contributed by atoms with Crippen LogP contribution in [0.3, 0.4) is 0 Å². The molecule has 0 radical (unpaired) electrons. The molecule has 2 aromatic heterocycles. The van der Waals surface area contributed by atoms with Crippen molar-refractivity contribution in [3.05, 3.63) is 35.8 Å². The van der Waals surface area contributed by atoms with E-state index in [9.17, 15) is 0 Å². The van der Waals surface area contributed by atoms with Gasteiger partial charge >= 0.3 is 0 Å². The molecule has 8 nitrogen and oxygen atoms in total. The van der Waals surface area contributed by atoms with Gasteiger partial charge in [-0.2, -0.15) is 10.2 Å². The first kappa shape index (κ1) is 17.5. The van der Waals surface area contributed by atoms with Gasteiger partial charge in [-0.1, -0.05) is 0 Å². The van der Waals surface area contributed by atoms with Gasteiger partial charge in [0, 0.05) is 62.9 Å². The number of nitrogens with zero attached hydrogens (tertiary/aromatic N) is 7. The summed E-state index contributed by atoms with van der Waals surface area (Å²) in [5.41, 5.74) is 2.49. The molecule has 0 saturated carbocycles. The Bertz CT molecular complexity index is 836. The molecule has 0 aliphatic carbocycles. The van der Waals surface area contributed by atoms with E-state index in [0.29, 0.717) is 5.69 Å². The quantitative estimate of drug-likeness (QED) is 0.803. The summed E-state index contributed by atoms with van der Waals surface area (Å²) < 4.78 is 5.43. The van der Waals surface area contributed by atoms with Gasteiger partial charge in [-0.05, 0) is 19.1 Å². The van der Waals surface area contributed by atoms with E-state index in [0.717, 1.165) is 75.6 Å². The van der Waals surface area contributed by atoms with Gasteiger partial charge in [0.05, 0.1) is 13.2 Å². The molecule has 2 saturated heterocycles. The molecule has 0 bridgehead atoms. The van der Waals surface area contributed by atoms with Gasteiger partial charge in [-0.25, -0.2) is 9.97 Å². The molecule has 0 aromatic carbocycles. The number of nitriles is 1. The molecule has 2 aromatic rings. The number of anilines is 3. The minimum absolute atomic E-state index is 0.455. The van der Waals surface area contributed by atoms with Crippen LogP contribution in [0.1, 0.15) is 11.4 Å². The smallest absolute Gasteiger partial charge is 0.227 e. The standard InChI is InChI=1S/C19H23N7O/c1-15-12-18(23-19(22-15)26-8-10-27-11-9-26)25-6-4-24(5-7-25)17-2-3-21-16(13-17)14-20/h2-3,12-13H,4-11H2,1H3. The van der Waals surface area contributed by atoms with Crippen molar-refractivity contribution >= 4 is 17.5 Å². The molecule has 0 spiro atoms. The number of hydrogen-bond donors (Lipinski definition) is 0. The fourth-order valence-electron chi connectivity index (χ4n) is 3.47. The van der Waals surface area contributed by atoms with E-state index in [-0.39, 0.29) is 0 Å². The van der Waals surface area contributed by atoms with E-state index in [1.54, 1.807) is 6.20 Å². The number of hydrogen-bond acceptors (Lipinski definition) is 8. The zero-order chi connectivity index (χ0) is 18.6. The lowest BCUT2D eigenvalue weighted by Gasteiger charge is -2.37. The van der Waals surface area contributed by atoms with Crippen LogP contribution in [0.2, 0.25) is 0 Å². The average Bonchev–Trinajstić information content (AvgIpc) is 2.74. The number of piperazine rings is 1. The van der Waals surface area contributed by atoms with E-state index in [1.165, 1.54) is 0 Å². The Kier molecular flexibility index (Phi) is 5.03. The average molecular weight is 365 g/mol. The SMILES string of the molecule is Cc1cc(N2CCN(c3ccnc(C#N)c3)CC2)nc(N2CCOCC2)n1. The largest absolute Gasteiger partial charge is 0.378 e. The van der Waals surface area contributed by atoms with E-state index >= 15 is 0 Å². The molecule has 2 aliphatic rings. The maximum atomic E-state index is 9.05. The van der Waals surface area contributed by atoms with E-state index in [1.807, 2.05) is 19.1 Å². The van der Waals surface area contributed by atoms with Crippen LogP contribution in [-0.2, 0) is 4.74 Å². The van der Waals surface area contributed by atoms with Crippen LogP contribution in [0.5, 0.6) is 0 Å². The second-order valence-electron chi connectivity index (χ2n) is 6.75. The molecule has 27 heavy (non-hydrogen) atoms. The summed E-state index contributed by atoms with van der Waals surface area (Å²) in [6.07, 6.45) is 1.70. The highest BCUT2D eigenvalue weighted by Gasteiger charge is 2.21. The van der Waals surface area contributed by atoms with Gasteiger partial charge in [0.25, 0.3) is 0 Å². The minimum Gasteiger partial charge on any atom is -0.378 e. The Morgan fingerprint density at radius 3 is 2.44 bits per heavy atom. The summed E-state index contributed by atoms with van der Waals surface area (Å²) in [4.78, 5) is 20.3. The lowest BCUT2D eigenvalue weighted by atomic mass is 10.2. The fourth-order valence-corrected chi connectivity index (χ4v) is 3.47. The van der Waals surface area contributed by atoms with E-state index in [2.05, 4.69) is 36.8 Å². The third kappa shape index (κ3) is 3.93. The highest BCUT2D eigenvalue weighted by molar-refractivity contribution is 5.52. The first-order valence-corrected chi connectivity index (χ1v) is 9.27. The van der Waals surface area contributed by atoms with Crippen molar-refractivity contribution < 1.29 is 4.74 Å². The predicted molar refractivity (Wildman–Crippen MR) is 103 cm³/mol.